The predicted molar refractivity (Wildman–Crippen MR) is 400 cm³/mol. The summed E-state index contributed by atoms with van der Waals surface area (Å²) in [5.41, 5.74) is 0. The predicted octanol–water partition coefficient (Wildman–Crippen LogP) is 23.6. The quantitative estimate of drug-likeness (QED) is 0.0222. The number of phosphoric ester groups is 2. The monoisotopic (exact) mass is 1440 g/mol. The molecular weight excluding hydrogens is 1280 g/mol. The van der Waals surface area contributed by atoms with Gasteiger partial charge in [0.05, 0.1) is 26.4 Å². The Morgan fingerprint density at radius 1 is 0.276 bits per heavy atom. The van der Waals surface area contributed by atoms with E-state index < -0.39 is 97.5 Å². The van der Waals surface area contributed by atoms with E-state index in [-0.39, 0.29) is 25.7 Å². The SMILES string of the molecule is CCCCCCCCCCCCCCCCCCCCCCCC(=O)O[C@H](COC(=O)CCCCCCCCCCCCCCCC(C)C)COP(=O)(O)OC[C@@H](O)COP(=O)(O)OC[C@@H](COC(=O)CCCCCCC)OC(=O)CCCCCCCCCCCCCCCCCC. The van der Waals surface area contributed by atoms with Gasteiger partial charge in [-0.05, 0) is 31.6 Å². The Kier molecular flexibility index (Phi) is 70.6. The minimum Gasteiger partial charge on any atom is -0.462 e. The lowest BCUT2D eigenvalue weighted by molar-refractivity contribution is -0.161. The van der Waals surface area contributed by atoms with Crippen molar-refractivity contribution in [1.82, 2.24) is 0 Å². The third-order valence-corrected chi connectivity index (χ3v) is 20.4. The summed E-state index contributed by atoms with van der Waals surface area (Å²) in [7, 11) is -9.90. The van der Waals surface area contributed by atoms with Crippen molar-refractivity contribution in [2.75, 3.05) is 39.6 Å². The molecule has 3 N–H and O–H groups in total. The standard InChI is InChI=1S/C79H154O17P2/c1-6-9-12-15-17-19-21-23-25-27-28-29-30-31-33-37-42-46-50-55-60-65-79(84)96-75(69-90-77(82)63-58-53-48-44-40-38-34-35-39-43-47-52-56-61-72(4)5)71-94-98(87,88)92-67-73(80)66-91-97(85,86)93-70-74(68-89-76(81)62-57-51-14-11-8-3)95-78(83)64-59-54-49-45-41-36-32-26-24-22-20-18-16-13-10-7-2/h72-75,80H,6-71H2,1-5H3,(H,85,86)(H,87,88)/t73-,74+,75+/m0/s1. The fourth-order valence-corrected chi connectivity index (χ4v) is 13.8. The maximum Gasteiger partial charge on any atom is 0.472 e. The smallest absolute Gasteiger partial charge is 0.462 e. The van der Waals surface area contributed by atoms with Gasteiger partial charge in [0.25, 0.3) is 0 Å². The Labute approximate surface area is 600 Å². The van der Waals surface area contributed by atoms with Crippen molar-refractivity contribution in [2.24, 2.45) is 5.92 Å². The van der Waals surface area contributed by atoms with E-state index in [9.17, 15) is 43.2 Å². The molecule has 0 aliphatic rings. The first-order valence-corrected chi connectivity index (χ1v) is 44.1. The number of carbonyl (C=O) groups excluding carboxylic acids is 4. The molecule has 0 saturated carbocycles. The summed E-state index contributed by atoms with van der Waals surface area (Å²) in [6, 6.07) is 0. The number of aliphatic hydroxyl groups is 1. The van der Waals surface area contributed by atoms with Crippen LogP contribution < -0.4 is 0 Å². The Morgan fingerprint density at radius 3 is 0.694 bits per heavy atom. The second-order valence-electron chi connectivity index (χ2n) is 28.9. The van der Waals surface area contributed by atoms with E-state index in [4.69, 9.17) is 37.0 Å². The summed E-state index contributed by atoms with van der Waals surface area (Å²) in [6.07, 6.45) is 62.9. The first-order valence-electron chi connectivity index (χ1n) is 41.1. The molecule has 17 nitrogen and oxygen atoms in total. The van der Waals surface area contributed by atoms with Crippen LogP contribution in [-0.4, -0.2) is 96.7 Å². The highest BCUT2D eigenvalue weighted by Crippen LogP contribution is 2.45. The van der Waals surface area contributed by atoms with Gasteiger partial charge in [-0.2, -0.15) is 0 Å². The number of unbranched alkanes of at least 4 members (excludes halogenated alkanes) is 51. The van der Waals surface area contributed by atoms with Crippen LogP contribution in [0.25, 0.3) is 0 Å². The molecular formula is C79H154O17P2. The zero-order valence-electron chi connectivity index (χ0n) is 63.9. The molecule has 582 valence electrons. The number of carbonyl (C=O) groups is 4. The molecule has 0 aromatic heterocycles. The number of hydrogen-bond acceptors (Lipinski definition) is 15. The van der Waals surface area contributed by atoms with Crippen molar-refractivity contribution in [1.29, 1.82) is 0 Å². The topological polar surface area (TPSA) is 237 Å². The summed E-state index contributed by atoms with van der Waals surface area (Å²) in [6.45, 7) is 7.25. The van der Waals surface area contributed by atoms with Gasteiger partial charge in [0.2, 0.25) is 0 Å². The molecule has 98 heavy (non-hydrogen) atoms. The van der Waals surface area contributed by atoms with E-state index in [1.165, 1.54) is 238 Å². The van der Waals surface area contributed by atoms with Gasteiger partial charge in [-0.15, -0.1) is 0 Å². The Balaban J connectivity index is 5.11. The molecule has 0 fully saturated rings. The molecule has 0 aliphatic heterocycles. The Morgan fingerprint density at radius 2 is 0.469 bits per heavy atom. The van der Waals surface area contributed by atoms with Crippen LogP contribution in [0.3, 0.4) is 0 Å². The highest BCUT2D eigenvalue weighted by Gasteiger charge is 2.30. The molecule has 0 rings (SSSR count). The van der Waals surface area contributed by atoms with Crippen molar-refractivity contribution in [3.8, 4) is 0 Å². The highest BCUT2D eigenvalue weighted by molar-refractivity contribution is 7.47. The summed E-state index contributed by atoms with van der Waals surface area (Å²) in [5, 5.41) is 10.6. The molecule has 0 bridgehead atoms. The number of hydrogen-bond donors (Lipinski definition) is 3. The molecule has 5 atom stereocenters. The zero-order chi connectivity index (χ0) is 71.9. The molecule has 0 aliphatic carbocycles. The van der Waals surface area contributed by atoms with Crippen molar-refractivity contribution >= 4 is 39.5 Å². The molecule has 19 heteroatoms. The van der Waals surface area contributed by atoms with E-state index in [2.05, 4.69) is 34.6 Å². The van der Waals surface area contributed by atoms with Crippen LogP contribution in [0.5, 0.6) is 0 Å². The minimum absolute atomic E-state index is 0.108. The second kappa shape index (κ2) is 72.0. The van der Waals surface area contributed by atoms with Gasteiger partial charge in [-0.3, -0.25) is 37.3 Å². The van der Waals surface area contributed by atoms with Crippen molar-refractivity contribution < 1.29 is 80.2 Å². The average molecular weight is 1440 g/mol. The lowest BCUT2D eigenvalue weighted by atomic mass is 10.0. The van der Waals surface area contributed by atoms with Crippen molar-refractivity contribution in [3.05, 3.63) is 0 Å². The van der Waals surface area contributed by atoms with Gasteiger partial charge in [-0.25, -0.2) is 9.13 Å². The summed E-state index contributed by atoms with van der Waals surface area (Å²) < 4.78 is 68.4. The average Bonchev–Trinajstić information content (AvgIpc) is 1.02. The zero-order valence-corrected chi connectivity index (χ0v) is 65.7. The summed E-state index contributed by atoms with van der Waals surface area (Å²) in [4.78, 5) is 72.6. The molecule has 0 amide bonds. The Hall–Kier alpha value is -1.94. The lowest BCUT2D eigenvalue weighted by Gasteiger charge is -2.21. The van der Waals surface area contributed by atoms with E-state index in [1.54, 1.807) is 0 Å². The van der Waals surface area contributed by atoms with E-state index >= 15 is 0 Å². The van der Waals surface area contributed by atoms with Gasteiger partial charge in [-0.1, -0.05) is 369 Å². The lowest BCUT2D eigenvalue weighted by Crippen LogP contribution is -2.30. The van der Waals surface area contributed by atoms with Crippen molar-refractivity contribution in [3.63, 3.8) is 0 Å². The van der Waals surface area contributed by atoms with Crippen LogP contribution in [0.4, 0.5) is 0 Å². The van der Waals surface area contributed by atoms with Crippen LogP contribution in [-0.2, 0) is 65.4 Å². The number of ether oxygens (including phenoxy) is 4. The minimum atomic E-state index is -4.96. The Bertz CT molecular complexity index is 1870. The number of aliphatic hydroxyl groups excluding tert-OH is 1. The summed E-state index contributed by atoms with van der Waals surface area (Å²) in [5.74, 6) is -1.33. The molecule has 0 heterocycles. The van der Waals surface area contributed by atoms with Gasteiger partial charge in [0, 0.05) is 25.7 Å². The fraction of sp³-hybridized carbons (Fsp3) is 0.949. The van der Waals surface area contributed by atoms with Crippen LogP contribution in [0.2, 0.25) is 0 Å². The largest absolute Gasteiger partial charge is 0.472 e. The van der Waals surface area contributed by atoms with Crippen LogP contribution in [0.1, 0.15) is 420 Å². The third kappa shape index (κ3) is 72.4. The van der Waals surface area contributed by atoms with Gasteiger partial charge in [0.15, 0.2) is 12.2 Å². The normalized spacial score (nSPS) is 13.9. The van der Waals surface area contributed by atoms with E-state index in [0.29, 0.717) is 25.7 Å². The maximum atomic E-state index is 13.1. The molecule has 0 aromatic rings. The molecule has 0 spiro atoms. The number of esters is 4. The third-order valence-electron chi connectivity index (χ3n) is 18.5. The van der Waals surface area contributed by atoms with Gasteiger partial charge < -0.3 is 33.8 Å². The van der Waals surface area contributed by atoms with Crippen molar-refractivity contribution in [2.45, 2.75) is 438 Å². The fourth-order valence-electron chi connectivity index (χ4n) is 12.2. The molecule has 0 aromatic carbocycles. The maximum absolute atomic E-state index is 13.1. The second-order valence-corrected chi connectivity index (χ2v) is 31.8. The first-order chi connectivity index (χ1) is 47.5. The summed E-state index contributed by atoms with van der Waals surface area (Å²) >= 11 is 0. The molecule has 0 radical (unpaired) electrons. The van der Waals surface area contributed by atoms with Crippen LogP contribution in [0.15, 0.2) is 0 Å². The van der Waals surface area contributed by atoms with Crippen LogP contribution >= 0.6 is 15.6 Å². The van der Waals surface area contributed by atoms with Gasteiger partial charge >= 0.3 is 39.5 Å². The molecule has 0 saturated heterocycles. The van der Waals surface area contributed by atoms with E-state index in [1.807, 2.05) is 0 Å². The number of rotatable bonds is 79. The van der Waals surface area contributed by atoms with Gasteiger partial charge in [0.1, 0.15) is 19.3 Å². The number of phosphoric acid groups is 2. The first kappa shape index (κ1) is 96.1. The van der Waals surface area contributed by atoms with Crippen LogP contribution in [0, 0.1) is 5.92 Å². The molecule has 2 unspecified atom stereocenters. The highest BCUT2D eigenvalue weighted by atomic mass is 31.2. The van der Waals surface area contributed by atoms with E-state index in [0.717, 1.165) is 102 Å².